The molecular formula is C17H22ClN3O3S. The van der Waals surface area contributed by atoms with Crippen LogP contribution in [0.4, 0.5) is 5.13 Å². The Morgan fingerprint density at radius 1 is 1.68 bits per heavy atom. The number of esters is 1. The van der Waals surface area contributed by atoms with E-state index in [0.29, 0.717) is 35.4 Å². The Balaban J connectivity index is 2.07. The number of nitrogens with zero attached hydrogens (tertiary/aromatic N) is 3. The largest absolute Gasteiger partial charge is 0.622 e. The number of hydrogen-bond acceptors (Lipinski definition) is 6. The number of hydroxylamine groups is 2. The number of halogens is 1. The molecule has 1 aliphatic rings. The van der Waals surface area contributed by atoms with Gasteiger partial charge in [0.05, 0.1) is 12.7 Å². The zero-order valence-corrected chi connectivity index (χ0v) is 15.6. The van der Waals surface area contributed by atoms with E-state index in [1.807, 2.05) is 4.90 Å². The molecule has 6 nitrogen and oxygen atoms in total. The van der Waals surface area contributed by atoms with Crippen LogP contribution in [-0.4, -0.2) is 41.8 Å². The van der Waals surface area contributed by atoms with E-state index in [2.05, 4.69) is 17.5 Å². The molecule has 2 heterocycles. The van der Waals surface area contributed by atoms with E-state index >= 15 is 0 Å². The number of unbranched alkanes of at least 4 members (excludes halogenated alkanes) is 2. The van der Waals surface area contributed by atoms with Crippen LogP contribution in [0, 0.1) is 17.6 Å². The maximum absolute atomic E-state index is 13.4. The van der Waals surface area contributed by atoms with Gasteiger partial charge in [-0.2, -0.15) is 4.98 Å². The van der Waals surface area contributed by atoms with Crippen molar-refractivity contribution in [3.63, 3.8) is 0 Å². The lowest BCUT2D eigenvalue weighted by Gasteiger charge is -2.38. The summed E-state index contributed by atoms with van der Waals surface area (Å²) in [7, 11) is 0. The van der Waals surface area contributed by atoms with Crippen molar-refractivity contribution in [2.24, 2.45) is 0 Å². The molecule has 0 N–H and O–H groups in total. The molecule has 1 fully saturated rings. The predicted molar refractivity (Wildman–Crippen MR) is 101 cm³/mol. The molecule has 8 heteroatoms. The van der Waals surface area contributed by atoms with Crippen molar-refractivity contribution in [3.8, 4) is 12.3 Å². The number of rotatable bonds is 9. The van der Waals surface area contributed by atoms with E-state index < -0.39 is 10.9 Å². The van der Waals surface area contributed by atoms with Crippen LogP contribution in [0.25, 0.3) is 0 Å². The second kappa shape index (κ2) is 9.32. The van der Waals surface area contributed by atoms with Crippen LogP contribution in [0.2, 0.25) is 4.34 Å². The average molecular weight is 384 g/mol. The zero-order valence-electron chi connectivity index (χ0n) is 14.0. The molecule has 0 saturated carbocycles. The van der Waals surface area contributed by atoms with Crippen LogP contribution in [0.5, 0.6) is 0 Å². The van der Waals surface area contributed by atoms with Crippen molar-refractivity contribution in [2.45, 2.75) is 38.3 Å². The molecule has 0 amide bonds. The van der Waals surface area contributed by atoms with Crippen molar-refractivity contribution in [3.05, 3.63) is 28.4 Å². The number of thiazole rings is 1. The lowest BCUT2D eigenvalue weighted by Crippen LogP contribution is -2.50. The van der Waals surface area contributed by atoms with Crippen LogP contribution in [0.1, 0.15) is 32.1 Å². The molecule has 2 atom stereocenters. The third-order valence-corrected chi connectivity index (χ3v) is 5.16. The van der Waals surface area contributed by atoms with Crippen LogP contribution in [0.15, 0.2) is 18.9 Å². The summed E-state index contributed by atoms with van der Waals surface area (Å²) in [4.78, 5) is 18.1. The maximum atomic E-state index is 13.4. The van der Waals surface area contributed by atoms with Gasteiger partial charge in [0.15, 0.2) is 0 Å². The second-order valence-corrected chi connectivity index (χ2v) is 7.53. The molecule has 1 aliphatic heterocycles. The molecule has 0 spiro atoms. The second-order valence-electron chi connectivity index (χ2n) is 5.89. The van der Waals surface area contributed by atoms with E-state index in [9.17, 15) is 10.0 Å². The van der Waals surface area contributed by atoms with Gasteiger partial charge >= 0.3 is 5.97 Å². The van der Waals surface area contributed by atoms with Crippen LogP contribution < -0.4 is 4.65 Å². The number of hydrogen-bond donors (Lipinski definition) is 0. The number of carbonyl (C=O) groups excluding carboxylic acids is 1. The SMILES string of the molecule is C#CCCCN1CC(OC(=O)CCCC=C)[N+]([O-])(c2ncc(Cl)s2)C1. The molecule has 136 valence electrons. The fourth-order valence-electron chi connectivity index (χ4n) is 2.69. The number of quaternary nitrogens is 1. The monoisotopic (exact) mass is 383 g/mol. The summed E-state index contributed by atoms with van der Waals surface area (Å²) in [6.45, 7) is 4.83. The first-order chi connectivity index (χ1) is 12.0. The summed E-state index contributed by atoms with van der Waals surface area (Å²) < 4.78 is 5.12. The van der Waals surface area contributed by atoms with Crippen molar-refractivity contribution in [2.75, 3.05) is 19.8 Å². The summed E-state index contributed by atoms with van der Waals surface area (Å²) in [5, 5.41) is 13.7. The van der Waals surface area contributed by atoms with Gasteiger partial charge in [-0.25, -0.2) is 4.90 Å². The Bertz CT molecular complexity index is 645. The quantitative estimate of drug-likeness (QED) is 0.163. The topological polar surface area (TPSA) is 65.5 Å². The van der Waals surface area contributed by atoms with E-state index in [1.165, 1.54) is 6.20 Å². The lowest BCUT2D eigenvalue weighted by atomic mass is 10.2. The highest BCUT2D eigenvalue weighted by Crippen LogP contribution is 2.36. The highest BCUT2D eigenvalue weighted by molar-refractivity contribution is 7.19. The zero-order chi connectivity index (χ0) is 18.3. The Hall–Kier alpha value is -1.43. The van der Waals surface area contributed by atoms with Crippen LogP contribution in [0.3, 0.4) is 0 Å². The molecule has 2 rings (SSSR count). The molecule has 0 aliphatic carbocycles. The molecule has 0 aromatic carbocycles. The van der Waals surface area contributed by atoms with Crippen LogP contribution >= 0.6 is 22.9 Å². The molecule has 25 heavy (non-hydrogen) atoms. The minimum absolute atomic E-state index is 0.166. The van der Waals surface area contributed by atoms with Gasteiger partial charge in [0.2, 0.25) is 0 Å². The summed E-state index contributed by atoms with van der Waals surface area (Å²) >= 11 is 7.05. The standard InChI is InChI=1S/C17H22ClN3O3S/c1-3-5-7-9-16(22)24-15-12-20(10-8-6-4-2)13-21(15,23)17-19-11-14(18)25-17/h2-3,11,15H,1,5-10,12-13H2. The molecule has 1 aromatic heterocycles. The van der Waals surface area contributed by atoms with E-state index in [1.54, 1.807) is 6.08 Å². The Morgan fingerprint density at radius 3 is 3.12 bits per heavy atom. The third kappa shape index (κ3) is 5.27. The fourth-order valence-corrected chi connectivity index (χ4v) is 3.66. The predicted octanol–water partition coefficient (Wildman–Crippen LogP) is 3.51. The highest BCUT2D eigenvalue weighted by atomic mass is 35.5. The molecule has 1 aromatic rings. The fraction of sp³-hybridized carbons (Fsp3) is 0.529. The van der Waals surface area contributed by atoms with Gasteiger partial charge in [-0.15, -0.1) is 18.9 Å². The molecule has 0 bridgehead atoms. The summed E-state index contributed by atoms with van der Waals surface area (Å²) in [5.74, 6) is 2.21. The van der Waals surface area contributed by atoms with Crippen LogP contribution in [-0.2, 0) is 9.53 Å². The first-order valence-electron chi connectivity index (χ1n) is 8.16. The minimum Gasteiger partial charge on any atom is -0.622 e. The van der Waals surface area contributed by atoms with Crippen molar-refractivity contribution in [1.82, 2.24) is 14.5 Å². The number of aromatic nitrogens is 1. The summed E-state index contributed by atoms with van der Waals surface area (Å²) in [6, 6.07) is 0. The number of ether oxygens (including phenoxy) is 1. The van der Waals surface area contributed by atoms with Gasteiger partial charge in [0.1, 0.15) is 11.0 Å². The molecule has 0 radical (unpaired) electrons. The van der Waals surface area contributed by atoms with E-state index in [4.69, 9.17) is 22.8 Å². The summed E-state index contributed by atoms with van der Waals surface area (Å²) in [5.41, 5.74) is 0. The van der Waals surface area contributed by atoms with Gasteiger partial charge < -0.3 is 9.94 Å². The minimum atomic E-state index is -0.843. The van der Waals surface area contributed by atoms with Gasteiger partial charge in [0, 0.05) is 19.4 Å². The lowest BCUT2D eigenvalue weighted by molar-refractivity contribution is -0.153. The van der Waals surface area contributed by atoms with Gasteiger partial charge in [-0.05, 0) is 30.6 Å². The van der Waals surface area contributed by atoms with E-state index in [-0.39, 0.29) is 19.1 Å². The van der Waals surface area contributed by atoms with Crippen molar-refractivity contribution >= 4 is 34.0 Å². The molecule has 2 unspecified atom stereocenters. The Labute approximate surface area is 157 Å². The van der Waals surface area contributed by atoms with E-state index in [0.717, 1.165) is 24.2 Å². The highest BCUT2D eigenvalue weighted by Gasteiger charge is 2.45. The average Bonchev–Trinajstić information content (AvgIpc) is 3.13. The number of allylic oxidation sites excluding steroid dienone is 1. The van der Waals surface area contributed by atoms with Gasteiger partial charge in [-0.3, -0.25) is 9.44 Å². The van der Waals surface area contributed by atoms with Crippen molar-refractivity contribution in [1.29, 1.82) is 0 Å². The van der Waals surface area contributed by atoms with Gasteiger partial charge in [-0.1, -0.05) is 17.7 Å². The normalized spacial score (nSPS) is 23.3. The number of terminal acetylenes is 1. The Kier molecular flexibility index (Phi) is 7.41. The molecule has 1 saturated heterocycles. The van der Waals surface area contributed by atoms with Gasteiger partial charge in [0.25, 0.3) is 11.4 Å². The smallest absolute Gasteiger partial charge is 0.310 e. The first kappa shape index (κ1) is 19.9. The Morgan fingerprint density at radius 2 is 2.48 bits per heavy atom. The van der Waals surface area contributed by atoms with Crippen molar-refractivity contribution < 1.29 is 9.53 Å². The molecular weight excluding hydrogens is 362 g/mol. The number of carbonyl (C=O) groups is 1. The summed E-state index contributed by atoms with van der Waals surface area (Å²) in [6.07, 6.45) is 10.7. The third-order valence-electron chi connectivity index (χ3n) is 3.93. The maximum Gasteiger partial charge on any atom is 0.310 e. The first-order valence-corrected chi connectivity index (χ1v) is 9.36.